The fourth-order valence-corrected chi connectivity index (χ4v) is 1.77. The SMILES string of the molecule is CC(C)(C)OC(=O)C[C@H](CO)Cc1ccccc1. The first kappa shape index (κ1) is 14.7. The van der Waals surface area contributed by atoms with Crippen molar-refractivity contribution in [3.05, 3.63) is 35.9 Å². The lowest BCUT2D eigenvalue weighted by Gasteiger charge is -2.21. The highest BCUT2D eigenvalue weighted by molar-refractivity contribution is 5.70. The molecule has 1 aromatic carbocycles. The first-order chi connectivity index (χ1) is 8.40. The average Bonchev–Trinajstić information content (AvgIpc) is 2.27. The van der Waals surface area contributed by atoms with E-state index in [-0.39, 0.29) is 24.9 Å². The smallest absolute Gasteiger partial charge is 0.306 e. The third kappa shape index (κ3) is 5.82. The fraction of sp³-hybridized carbons (Fsp3) is 0.533. The highest BCUT2D eigenvalue weighted by Gasteiger charge is 2.20. The van der Waals surface area contributed by atoms with Gasteiger partial charge in [-0.15, -0.1) is 0 Å². The van der Waals surface area contributed by atoms with Gasteiger partial charge in [0.05, 0.1) is 6.42 Å². The number of carbonyl (C=O) groups excluding carboxylic acids is 1. The van der Waals surface area contributed by atoms with Crippen molar-refractivity contribution in [1.82, 2.24) is 0 Å². The van der Waals surface area contributed by atoms with Crippen molar-refractivity contribution in [2.75, 3.05) is 6.61 Å². The predicted octanol–water partition coefficient (Wildman–Crippen LogP) is 2.57. The highest BCUT2D eigenvalue weighted by atomic mass is 16.6. The van der Waals surface area contributed by atoms with Gasteiger partial charge in [-0.25, -0.2) is 0 Å². The molecule has 3 nitrogen and oxygen atoms in total. The van der Waals surface area contributed by atoms with Crippen LogP contribution in [0.5, 0.6) is 0 Å². The maximum absolute atomic E-state index is 11.7. The van der Waals surface area contributed by atoms with E-state index in [0.29, 0.717) is 6.42 Å². The lowest BCUT2D eigenvalue weighted by molar-refractivity contribution is -0.156. The van der Waals surface area contributed by atoms with E-state index in [0.717, 1.165) is 5.56 Å². The van der Waals surface area contributed by atoms with E-state index < -0.39 is 5.60 Å². The van der Waals surface area contributed by atoms with Crippen LogP contribution in [0.1, 0.15) is 32.8 Å². The Morgan fingerprint density at radius 1 is 1.28 bits per heavy atom. The van der Waals surface area contributed by atoms with E-state index in [9.17, 15) is 9.90 Å². The minimum absolute atomic E-state index is 0.00582. The van der Waals surface area contributed by atoms with Crippen LogP contribution in [0.25, 0.3) is 0 Å². The van der Waals surface area contributed by atoms with Gasteiger partial charge in [0.2, 0.25) is 0 Å². The van der Waals surface area contributed by atoms with Gasteiger partial charge in [-0.1, -0.05) is 30.3 Å². The molecule has 18 heavy (non-hydrogen) atoms. The number of aliphatic hydroxyl groups is 1. The van der Waals surface area contributed by atoms with Gasteiger partial charge in [-0.3, -0.25) is 4.79 Å². The second-order valence-corrected chi connectivity index (χ2v) is 5.53. The van der Waals surface area contributed by atoms with Crippen molar-refractivity contribution in [2.24, 2.45) is 5.92 Å². The number of hydrogen-bond donors (Lipinski definition) is 1. The Labute approximate surface area is 109 Å². The first-order valence-electron chi connectivity index (χ1n) is 6.27. The number of esters is 1. The van der Waals surface area contributed by atoms with Crippen LogP contribution >= 0.6 is 0 Å². The van der Waals surface area contributed by atoms with Crippen molar-refractivity contribution in [2.45, 2.75) is 39.2 Å². The standard InChI is InChI=1S/C15H22O3/c1-15(2,3)18-14(17)10-13(11-16)9-12-7-5-4-6-8-12/h4-8,13,16H,9-11H2,1-3H3/t13-/m1/s1. The van der Waals surface area contributed by atoms with Crippen LogP contribution in [-0.4, -0.2) is 23.3 Å². The molecule has 0 fully saturated rings. The summed E-state index contributed by atoms with van der Waals surface area (Å²) in [6, 6.07) is 9.86. The molecule has 0 spiro atoms. The van der Waals surface area contributed by atoms with Crippen molar-refractivity contribution >= 4 is 5.97 Å². The minimum Gasteiger partial charge on any atom is -0.460 e. The summed E-state index contributed by atoms with van der Waals surface area (Å²) < 4.78 is 5.26. The van der Waals surface area contributed by atoms with Gasteiger partial charge in [-0.05, 0) is 38.7 Å². The Kier molecular flexibility index (Phi) is 5.35. The van der Waals surface area contributed by atoms with Gasteiger partial charge in [0.25, 0.3) is 0 Å². The van der Waals surface area contributed by atoms with E-state index in [4.69, 9.17) is 4.74 Å². The summed E-state index contributed by atoms with van der Waals surface area (Å²) >= 11 is 0. The van der Waals surface area contributed by atoms with Gasteiger partial charge in [0.15, 0.2) is 0 Å². The normalized spacial score (nSPS) is 13.1. The number of rotatable bonds is 5. The van der Waals surface area contributed by atoms with E-state index in [1.54, 1.807) is 0 Å². The molecule has 0 amide bonds. The van der Waals surface area contributed by atoms with Crippen LogP contribution in [0, 0.1) is 5.92 Å². The second kappa shape index (κ2) is 6.55. The summed E-state index contributed by atoms with van der Waals surface area (Å²) in [5.74, 6) is -0.334. The van der Waals surface area contributed by atoms with Crippen LogP contribution < -0.4 is 0 Å². The molecule has 0 aliphatic heterocycles. The highest BCUT2D eigenvalue weighted by Crippen LogP contribution is 2.15. The van der Waals surface area contributed by atoms with Crippen LogP contribution in [0.2, 0.25) is 0 Å². The summed E-state index contributed by atoms with van der Waals surface area (Å²) in [7, 11) is 0. The molecule has 100 valence electrons. The summed E-state index contributed by atoms with van der Waals surface area (Å²) in [6.45, 7) is 5.52. The quantitative estimate of drug-likeness (QED) is 0.817. The molecule has 0 saturated heterocycles. The minimum atomic E-state index is -0.468. The van der Waals surface area contributed by atoms with Crippen LogP contribution in [0.4, 0.5) is 0 Å². The largest absolute Gasteiger partial charge is 0.460 e. The van der Waals surface area contributed by atoms with Gasteiger partial charge in [0, 0.05) is 6.61 Å². The van der Waals surface area contributed by atoms with Gasteiger partial charge in [0.1, 0.15) is 5.60 Å². The molecular formula is C15H22O3. The number of carbonyl (C=O) groups is 1. The van der Waals surface area contributed by atoms with Crippen LogP contribution in [0.3, 0.4) is 0 Å². The summed E-state index contributed by atoms with van der Waals surface area (Å²) in [5, 5.41) is 9.33. The molecule has 0 aromatic heterocycles. The van der Waals surface area contributed by atoms with Crippen LogP contribution in [0.15, 0.2) is 30.3 Å². The average molecular weight is 250 g/mol. The van der Waals surface area contributed by atoms with Gasteiger partial charge < -0.3 is 9.84 Å². The molecule has 0 aliphatic rings. The monoisotopic (exact) mass is 250 g/mol. The molecule has 0 bridgehead atoms. The Morgan fingerprint density at radius 3 is 2.39 bits per heavy atom. The maximum Gasteiger partial charge on any atom is 0.306 e. The maximum atomic E-state index is 11.7. The number of hydrogen-bond acceptors (Lipinski definition) is 3. The van der Waals surface area contributed by atoms with E-state index >= 15 is 0 Å². The molecule has 0 heterocycles. The van der Waals surface area contributed by atoms with Crippen molar-refractivity contribution < 1.29 is 14.6 Å². The van der Waals surface area contributed by atoms with E-state index in [1.807, 2.05) is 51.1 Å². The molecular weight excluding hydrogens is 228 g/mol. The Hall–Kier alpha value is -1.35. The zero-order valence-electron chi connectivity index (χ0n) is 11.3. The topological polar surface area (TPSA) is 46.5 Å². The fourth-order valence-electron chi connectivity index (χ4n) is 1.77. The van der Waals surface area contributed by atoms with Crippen molar-refractivity contribution in [3.8, 4) is 0 Å². The number of ether oxygens (including phenoxy) is 1. The summed E-state index contributed by atoms with van der Waals surface area (Å²) in [6.07, 6.45) is 0.944. The first-order valence-corrected chi connectivity index (χ1v) is 6.27. The molecule has 1 atom stereocenters. The van der Waals surface area contributed by atoms with Gasteiger partial charge >= 0.3 is 5.97 Å². The third-order valence-electron chi connectivity index (χ3n) is 2.50. The van der Waals surface area contributed by atoms with E-state index in [2.05, 4.69) is 0 Å². The Morgan fingerprint density at radius 2 is 1.89 bits per heavy atom. The van der Waals surface area contributed by atoms with Crippen LogP contribution in [-0.2, 0) is 16.0 Å². The van der Waals surface area contributed by atoms with Crippen molar-refractivity contribution in [3.63, 3.8) is 0 Å². The molecule has 0 aliphatic carbocycles. The zero-order valence-corrected chi connectivity index (χ0v) is 11.3. The predicted molar refractivity (Wildman–Crippen MR) is 71.2 cm³/mol. The Balaban J connectivity index is 2.50. The molecule has 1 N–H and O–H groups in total. The third-order valence-corrected chi connectivity index (χ3v) is 2.50. The van der Waals surface area contributed by atoms with Crippen molar-refractivity contribution in [1.29, 1.82) is 0 Å². The zero-order chi connectivity index (χ0) is 13.6. The molecule has 1 rings (SSSR count). The summed E-state index contributed by atoms with van der Waals surface area (Å²) in [5.41, 5.74) is 0.657. The Bertz CT molecular complexity index is 365. The lowest BCUT2D eigenvalue weighted by atomic mass is 9.97. The molecule has 3 heteroatoms. The second-order valence-electron chi connectivity index (χ2n) is 5.53. The molecule has 0 radical (unpaired) electrons. The molecule has 0 saturated carbocycles. The molecule has 1 aromatic rings. The molecule has 0 unspecified atom stereocenters. The lowest BCUT2D eigenvalue weighted by Crippen LogP contribution is -2.26. The number of aliphatic hydroxyl groups excluding tert-OH is 1. The summed E-state index contributed by atoms with van der Waals surface area (Å²) in [4.78, 5) is 11.7. The van der Waals surface area contributed by atoms with E-state index in [1.165, 1.54) is 0 Å². The number of benzene rings is 1. The van der Waals surface area contributed by atoms with Gasteiger partial charge in [-0.2, -0.15) is 0 Å².